The van der Waals surface area contributed by atoms with Gasteiger partial charge in [0, 0.05) is 6.42 Å². The highest BCUT2D eigenvalue weighted by Crippen LogP contribution is 2.08. The monoisotopic (exact) mass is 449 g/mol. The molecule has 0 aromatic heterocycles. The molecule has 0 spiro atoms. The highest BCUT2D eigenvalue weighted by Gasteiger charge is 2.35. The van der Waals surface area contributed by atoms with E-state index in [9.17, 15) is 29.1 Å². The summed E-state index contributed by atoms with van der Waals surface area (Å²) >= 11 is 0. The number of hydrogen-bond acceptors (Lipinski definition) is 6. The number of hydrogen-bond donors (Lipinski definition) is 6. The Kier molecular flexibility index (Phi) is 8.89. The molecular formula is C21H31N5O6. The quantitative estimate of drug-likeness (QED) is 0.244. The largest absolute Gasteiger partial charge is 0.480 e. The van der Waals surface area contributed by atoms with Gasteiger partial charge in [0.05, 0.1) is 12.0 Å². The fraction of sp³-hybridized carbons (Fsp3) is 0.476. The summed E-state index contributed by atoms with van der Waals surface area (Å²) in [6.07, 6.45) is -0.484. The summed E-state index contributed by atoms with van der Waals surface area (Å²) in [5, 5.41) is 16.4. The van der Waals surface area contributed by atoms with E-state index >= 15 is 0 Å². The van der Waals surface area contributed by atoms with Gasteiger partial charge in [0.25, 0.3) is 0 Å². The highest BCUT2D eigenvalue weighted by molar-refractivity contribution is 5.97. The molecule has 11 nitrogen and oxygen atoms in total. The van der Waals surface area contributed by atoms with Gasteiger partial charge in [0.2, 0.25) is 23.6 Å². The van der Waals surface area contributed by atoms with Gasteiger partial charge in [-0.05, 0) is 33.3 Å². The van der Waals surface area contributed by atoms with Crippen LogP contribution in [0.15, 0.2) is 30.3 Å². The molecule has 176 valence electrons. The maximum absolute atomic E-state index is 13.0. The number of amides is 4. The second-order valence-electron chi connectivity index (χ2n) is 8.59. The maximum atomic E-state index is 13.0. The minimum absolute atomic E-state index is 0.0834. The van der Waals surface area contributed by atoms with E-state index in [-0.39, 0.29) is 6.42 Å². The van der Waals surface area contributed by atoms with E-state index in [0.29, 0.717) is 0 Å². The molecule has 0 bridgehead atoms. The van der Waals surface area contributed by atoms with Crippen molar-refractivity contribution in [2.75, 3.05) is 0 Å². The Balaban J connectivity index is 3.12. The van der Waals surface area contributed by atoms with E-state index in [1.807, 2.05) is 0 Å². The topological polar surface area (TPSA) is 194 Å². The van der Waals surface area contributed by atoms with E-state index in [1.54, 1.807) is 30.3 Å². The lowest BCUT2D eigenvalue weighted by molar-refractivity contribution is -0.146. The van der Waals surface area contributed by atoms with Crippen molar-refractivity contribution in [1.29, 1.82) is 0 Å². The summed E-state index contributed by atoms with van der Waals surface area (Å²) in [6, 6.07) is 6.25. The van der Waals surface area contributed by atoms with Crippen LogP contribution in [0.4, 0.5) is 0 Å². The normalized spacial score (nSPS) is 13.4. The Morgan fingerprint density at radius 2 is 1.50 bits per heavy atom. The zero-order chi connectivity index (χ0) is 24.7. The number of carbonyl (C=O) groups is 5. The molecule has 2 atom stereocenters. The molecule has 0 heterocycles. The number of rotatable bonds is 11. The minimum Gasteiger partial charge on any atom is -0.480 e. The first-order valence-electron chi connectivity index (χ1n) is 9.91. The van der Waals surface area contributed by atoms with Crippen molar-refractivity contribution < 1.29 is 29.1 Å². The van der Waals surface area contributed by atoms with Crippen molar-refractivity contribution >= 4 is 29.6 Å². The van der Waals surface area contributed by atoms with Crippen molar-refractivity contribution in [3.8, 4) is 0 Å². The summed E-state index contributed by atoms with van der Waals surface area (Å²) < 4.78 is 0. The minimum atomic E-state index is -1.65. The molecule has 8 N–H and O–H groups in total. The molecule has 0 saturated heterocycles. The molecule has 0 unspecified atom stereocenters. The second-order valence-corrected chi connectivity index (χ2v) is 8.59. The Morgan fingerprint density at radius 3 is 1.97 bits per heavy atom. The van der Waals surface area contributed by atoms with E-state index in [2.05, 4.69) is 16.0 Å². The van der Waals surface area contributed by atoms with Gasteiger partial charge in [0.15, 0.2) is 0 Å². The van der Waals surface area contributed by atoms with Gasteiger partial charge in [-0.15, -0.1) is 0 Å². The van der Waals surface area contributed by atoms with Crippen LogP contribution in [0.2, 0.25) is 0 Å². The van der Waals surface area contributed by atoms with E-state index in [1.165, 1.54) is 27.7 Å². The molecule has 0 aliphatic heterocycles. The van der Waals surface area contributed by atoms with Gasteiger partial charge in [-0.25, -0.2) is 4.79 Å². The molecule has 0 fully saturated rings. The Bertz CT molecular complexity index is 863. The second kappa shape index (κ2) is 10.7. The highest BCUT2D eigenvalue weighted by atomic mass is 16.4. The van der Waals surface area contributed by atoms with Crippen LogP contribution in [0.3, 0.4) is 0 Å². The average molecular weight is 450 g/mol. The molecule has 32 heavy (non-hydrogen) atoms. The number of benzene rings is 1. The first kappa shape index (κ1) is 26.6. The van der Waals surface area contributed by atoms with Crippen molar-refractivity contribution in [1.82, 2.24) is 16.0 Å². The third kappa shape index (κ3) is 8.34. The Hall–Kier alpha value is -3.47. The third-order valence-corrected chi connectivity index (χ3v) is 4.50. The smallest absolute Gasteiger partial charge is 0.328 e. The molecule has 1 aromatic rings. The fourth-order valence-corrected chi connectivity index (χ4v) is 2.53. The van der Waals surface area contributed by atoms with Crippen LogP contribution in [0.5, 0.6) is 0 Å². The van der Waals surface area contributed by atoms with Crippen molar-refractivity contribution in [3.05, 3.63) is 35.9 Å². The van der Waals surface area contributed by atoms with Gasteiger partial charge in [0.1, 0.15) is 17.6 Å². The van der Waals surface area contributed by atoms with Crippen molar-refractivity contribution in [2.45, 2.75) is 63.7 Å². The van der Waals surface area contributed by atoms with E-state index in [4.69, 9.17) is 11.5 Å². The Labute approximate surface area is 186 Å². The fourth-order valence-electron chi connectivity index (χ4n) is 2.53. The number of carboxylic acids is 1. The molecule has 0 aliphatic carbocycles. The number of nitrogens with two attached hydrogens (primary N) is 2. The van der Waals surface area contributed by atoms with Crippen LogP contribution >= 0.6 is 0 Å². The van der Waals surface area contributed by atoms with Crippen LogP contribution in [0.1, 0.15) is 39.7 Å². The van der Waals surface area contributed by atoms with Crippen LogP contribution < -0.4 is 27.4 Å². The molecule has 0 aliphatic rings. The van der Waals surface area contributed by atoms with Gasteiger partial charge in [-0.1, -0.05) is 30.3 Å². The average Bonchev–Trinajstić information content (AvgIpc) is 2.66. The standard InChI is InChI=1S/C21H31N5O6/c1-20(2,23)18(30)25-13(10-12-8-6-5-7-9-12)16(28)24-14(11-15(22)27)17(29)26-21(3,4)19(31)32/h5-9,13-14H,10-11,23H2,1-4H3,(H2,22,27)(H,24,28)(H,25,30)(H,26,29)(H,31,32)/t13-,14-/m1/s1. The van der Waals surface area contributed by atoms with Gasteiger partial charge in [-0.2, -0.15) is 0 Å². The predicted octanol–water partition coefficient (Wildman–Crippen LogP) is -1.21. The number of carbonyl (C=O) groups excluding carboxylic acids is 4. The van der Waals surface area contributed by atoms with Gasteiger partial charge < -0.3 is 32.5 Å². The summed E-state index contributed by atoms with van der Waals surface area (Å²) in [5.74, 6) is -4.47. The van der Waals surface area contributed by atoms with Crippen LogP contribution in [-0.2, 0) is 30.4 Å². The predicted molar refractivity (Wildman–Crippen MR) is 116 cm³/mol. The lowest BCUT2D eigenvalue weighted by Gasteiger charge is -2.28. The number of aliphatic carboxylic acids is 1. The molecule has 11 heteroatoms. The third-order valence-electron chi connectivity index (χ3n) is 4.50. The van der Waals surface area contributed by atoms with E-state index < -0.39 is 59.2 Å². The van der Waals surface area contributed by atoms with Crippen LogP contribution in [0, 0.1) is 0 Å². The first-order chi connectivity index (χ1) is 14.6. The number of nitrogens with one attached hydrogen (secondary N) is 3. The van der Waals surface area contributed by atoms with Gasteiger partial charge >= 0.3 is 5.97 Å². The summed E-state index contributed by atoms with van der Waals surface area (Å²) in [7, 11) is 0. The van der Waals surface area contributed by atoms with Crippen LogP contribution in [0.25, 0.3) is 0 Å². The Morgan fingerprint density at radius 1 is 0.938 bits per heavy atom. The lowest BCUT2D eigenvalue weighted by atomic mass is 10.0. The first-order valence-corrected chi connectivity index (χ1v) is 9.91. The zero-order valence-corrected chi connectivity index (χ0v) is 18.6. The lowest BCUT2D eigenvalue weighted by Crippen LogP contribution is -2.61. The van der Waals surface area contributed by atoms with E-state index in [0.717, 1.165) is 5.56 Å². The van der Waals surface area contributed by atoms with Crippen molar-refractivity contribution in [3.63, 3.8) is 0 Å². The maximum Gasteiger partial charge on any atom is 0.328 e. The van der Waals surface area contributed by atoms with Gasteiger partial charge in [-0.3, -0.25) is 19.2 Å². The molecule has 1 rings (SSSR count). The molecule has 0 saturated carbocycles. The van der Waals surface area contributed by atoms with Crippen LogP contribution in [-0.4, -0.2) is 57.9 Å². The summed E-state index contributed by atoms with van der Waals surface area (Å²) in [4.78, 5) is 60.7. The summed E-state index contributed by atoms with van der Waals surface area (Å²) in [5.41, 5.74) is 8.80. The molecule has 4 amide bonds. The van der Waals surface area contributed by atoms with Crippen molar-refractivity contribution in [2.24, 2.45) is 11.5 Å². The summed E-state index contributed by atoms with van der Waals surface area (Å²) in [6.45, 7) is 5.44. The zero-order valence-electron chi connectivity index (χ0n) is 18.6. The number of primary amides is 1. The molecule has 0 radical (unpaired) electrons. The molecular weight excluding hydrogens is 418 g/mol. The number of carboxylic acid groups (broad SMARTS) is 1. The SMILES string of the molecule is CC(C)(N)C(=O)N[C@H](Cc1ccccc1)C(=O)N[C@H](CC(N)=O)C(=O)NC(C)(C)C(=O)O. The molecule has 1 aromatic carbocycles.